The second-order valence-electron chi connectivity index (χ2n) is 7.10. The lowest BCUT2D eigenvalue weighted by Crippen LogP contribution is -1.93. The zero-order chi connectivity index (χ0) is 16.4. The highest BCUT2D eigenvalue weighted by atomic mass is 79.9. The molecule has 0 aliphatic rings. The van der Waals surface area contributed by atoms with E-state index in [1.807, 2.05) is 12.5 Å². The summed E-state index contributed by atoms with van der Waals surface area (Å²) in [6.07, 6.45) is 28.8. The van der Waals surface area contributed by atoms with Crippen LogP contribution in [0.15, 0.2) is 18.7 Å². The van der Waals surface area contributed by atoms with Gasteiger partial charge in [-0.05, 0) is 6.42 Å². The van der Waals surface area contributed by atoms with Gasteiger partial charge in [-0.1, -0.05) is 103 Å². The summed E-state index contributed by atoms with van der Waals surface area (Å²) in [6, 6.07) is 0. The molecule has 0 aliphatic heterocycles. The average molecular weight is 401 g/mol. The molecule has 3 heteroatoms. The Labute approximate surface area is 161 Å². The molecular weight excluding hydrogens is 360 g/mol. The van der Waals surface area contributed by atoms with Crippen molar-refractivity contribution < 1.29 is 0 Å². The maximum atomic E-state index is 4.08. The molecule has 1 heterocycles. The van der Waals surface area contributed by atoms with Crippen LogP contribution in [0.2, 0.25) is 0 Å². The summed E-state index contributed by atoms with van der Waals surface area (Å²) in [6.45, 7) is 3.43. The van der Waals surface area contributed by atoms with E-state index in [1.165, 1.54) is 103 Å². The standard InChI is InChI=1S/C21H40N2.BrH/c1-2-3-4-5-6-7-8-9-10-11-12-13-14-15-16-17-19-23-20-18-22-21-23;/h18,20-21H,2-17,19H2,1H3;1H. The van der Waals surface area contributed by atoms with E-state index in [1.54, 1.807) is 0 Å². The molecule has 0 fully saturated rings. The molecular formula is C21H41BrN2. The summed E-state index contributed by atoms with van der Waals surface area (Å²) in [7, 11) is 0. The number of rotatable bonds is 17. The van der Waals surface area contributed by atoms with Crippen molar-refractivity contribution in [2.45, 2.75) is 116 Å². The highest BCUT2D eigenvalue weighted by Crippen LogP contribution is 2.13. The van der Waals surface area contributed by atoms with Crippen molar-refractivity contribution in [3.63, 3.8) is 0 Å². The molecule has 0 aromatic carbocycles. The van der Waals surface area contributed by atoms with Crippen LogP contribution in [0.5, 0.6) is 0 Å². The van der Waals surface area contributed by atoms with Gasteiger partial charge in [-0.2, -0.15) is 0 Å². The summed E-state index contributed by atoms with van der Waals surface area (Å²) in [4.78, 5) is 4.08. The van der Waals surface area contributed by atoms with E-state index in [9.17, 15) is 0 Å². The van der Waals surface area contributed by atoms with E-state index >= 15 is 0 Å². The first-order chi connectivity index (χ1) is 11.4. The Hall–Kier alpha value is -0.310. The summed E-state index contributed by atoms with van der Waals surface area (Å²) in [5.74, 6) is 0. The van der Waals surface area contributed by atoms with Gasteiger partial charge in [0.2, 0.25) is 0 Å². The van der Waals surface area contributed by atoms with Crippen LogP contribution in [0, 0.1) is 0 Å². The van der Waals surface area contributed by atoms with E-state index in [-0.39, 0.29) is 17.0 Å². The lowest BCUT2D eigenvalue weighted by molar-refractivity contribution is 0.521. The third-order valence-corrected chi connectivity index (χ3v) is 4.83. The molecule has 0 spiro atoms. The topological polar surface area (TPSA) is 17.8 Å². The number of nitrogens with zero attached hydrogens (tertiary/aromatic N) is 2. The molecule has 0 radical (unpaired) electrons. The van der Waals surface area contributed by atoms with Gasteiger partial charge in [-0.3, -0.25) is 0 Å². The minimum absolute atomic E-state index is 0. The number of aryl methyl sites for hydroxylation is 1. The summed E-state index contributed by atoms with van der Waals surface area (Å²) < 4.78 is 2.18. The van der Waals surface area contributed by atoms with Crippen LogP contribution in [0.4, 0.5) is 0 Å². The molecule has 24 heavy (non-hydrogen) atoms. The summed E-state index contributed by atoms with van der Waals surface area (Å²) in [5.41, 5.74) is 0. The minimum atomic E-state index is 0. The van der Waals surface area contributed by atoms with E-state index in [0.717, 1.165) is 6.54 Å². The molecule has 0 amide bonds. The monoisotopic (exact) mass is 400 g/mol. The van der Waals surface area contributed by atoms with Gasteiger partial charge >= 0.3 is 0 Å². The van der Waals surface area contributed by atoms with Gasteiger partial charge in [0.1, 0.15) is 0 Å². The lowest BCUT2D eigenvalue weighted by Gasteiger charge is -2.04. The van der Waals surface area contributed by atoms with Crippen molar-refractivity contribution >= 4 is 17.0 Å². The number of unbranched alkanes of at least 4 members (excludes halogenated alkanes) is 15. The molecule has 142 valence electrons. The number of halogens is 1. The Bertz CT molecular complexity index is 325. The van der Waals surface area contributed by atoms with Gasteiger partial charge < -0.3 is 4.57 Å². The van der Waals surface area contributed by atoms with Gasteiger partial charge in [0, 0.05) is 18.9 Å². The molecule has 0 aliphatic carbocycles. The van der Waals surface area contributed by atoms with Gasteiger partial charge in [-0.25, -0.2) is 4.98 Å². The third-order valence-electron chi connectivity index (χ3n) is 4.83. The predicted octanol–water partition coefficient (Wildman–Crippen LogP) is 7.72. The van der Waals surface area contributed by atoms with Crippen molar-refractivity contribution in [3.05, 3.63) is 18.7 Å². The Morgan fingerprint density at radius 1 is 0.625 bits per heavy atom. The van der Waals surface area contributed by atoms with E-state index in [0.29, 0.717) is 0 Å². The first-order valence-electron chi connectivity index (χ1n) is 10.4. The second kappa shape index (κ2) is 19.0. The van der Waals surface area contributed by atoms with Crippen LogP contribution in [0.3, 0.4) is 0 Å². The van der Waals surface area contributed by atoms with Crippen LogP contribution in [-0.4, -0.2) is 9.55 Å². The number of imidazole rings is 1. The van der Waals surface area contributed by atoms with Crippen molar-refractivity contribution in [2.24, 2.45) is 0 Å². The molecule has 2 nitrogen and oxygen atoms in total. The number of aromatic nitrogens is 2. The highest BCUT2D eigenvalue weighted by Gasteiger charge is 1.95. The van der Waals surface area contributed by atoms with Crippen molar-refractivity contribution in [3.8, 4) is 0 Å². The minimum Gasteiger partial charge on any atom is -0.337 e. The third kappa shape index (κ3) is 15.2. The van der Waals surface area contributed by atoms with Crippen LogP contribution in [0.1, 0.15) is 110 Å². The molecule has 1 aromatic heterocycles. The average Bonchev–Trinajstić information content (AvgIpc) is 3.08. The van der Waals surface area contributed by atoms with Crippen molar-refractivity contribution in [1.82, 2.24) is 9.55 Å². The van der Waals surface area contributed by atoms with Crippen molar-refractivity contribution in [2.75, 3.05) is 0 Å². The van der Waals surface area contributed by atoms with Crippen LogP contribution in [-0.2, 0) is 6.54 Å². The Morgan fingerprint density at radius 2 is 1.04 bits per heavy atom. The van der Waals surface area contributed by atoms with Crippen molar-refractivity contribution in [1.29, 1.82) is 0 Å². The summed E-state index contributed by atoms with van der Waals surface area (Å²) >= 11 is 0. The molecule has 0 saturated carbocycles. The fourth-order valence-electron chi connectivity index (χ4n) is 3.26. The lowest BCUT2D eigenvalue weighted by atomic mass is 10.0. The Morgan fingerprint density at radius 3 is 1.42 bits per heavy atom. The number of hydrogen-bond acceptors (Lipinski definition) is 1. The SMILES string of the molecule is Br.CCCCCCCCCCCCCCCCCCn1ccnc1. The van der Waals surface area contributed by atoms with Gasteiger partial charge in [0.05, 0.1) is 6.33 Å². The quantitative estimate of drug-likeness (QED) is 0.244. The van der Waals surface area contributed by atoms with E-state index in [4.69, 9.17) is 0 Å². The first kappa shape index (κ1) is 23.7. The highest BCUT2D eigenvalue weighted by molar-refractivity contribution is 8.93. The molecule has 0 N–H and O–H groups in total. The molecule has 0 atom stereocenters. The van der Waals surface area contributed by atoms with Crippen LogP contribution in [0.25, 0.3) is 0 Å². The molecule has 1 aromatic rings. The predicted molar refractivity (Wildman–Crippen MR) is 112 cm³/mol. The fourth-order valence-corrected chi connectivity index (χ4v) is 3.26. The maximum absolute atomic E-state index is 4.08. The van der Waals surface area contributed by atoms with Crippen LogP contribution < -0.4 is 0 Å². The molecule has 0 unspecified atom stereocenters. The second-order valence-corrected chi connectivity index (χ2v) is 7.10. The van der Waals surface area contributed by atoms with E-state index in [2.05, 4.69) is 22.7 Å². The maximum Gasteiger partial charge on any atom is 0.0945 e. The Balaban J connectivity index is 0.00000529. The largest absolute Gasteiger partial charge is 0.337 e. The number of hydrogen-bond donors (Lipinski definition) is 0. The zero-order valence-corrected chi connectivity index (χ0v) is 17.8. The first-order valence-corrected chi connectivity index (χ1v) is 10.4. The molecule has 0 saturated heterocycles. The zero-order valence-electron chi connectivity index (χ0n) is 16.1. The van der Waals surface area contributed by atoms with E-state index < -0.39 is 0 Å². The fraction of sp³-hybridized carbons (Fsp3) is 0.857. The molecule has 0 bridgehead atoms. The molecule has 1 rings (SSSR count). The van der Waals surface area contributed by atoms with Gasteiger partial charge in [0.15, 0.2) is 0 Å². The normalized spacial score (nSPS) is 10.7. The smallest absolute Gasteiger partial charge is 0.0945 e. The van der Waals surface area contributed by atoms with Gasteiger partial charge in [0.25, 0.3) is 0 Å². The Kier molecular flexibility index (Phi) is 18.8. The summed E-state index contributed by atoms with van der Waals surface area (Å²) in [5, 5.41) is 0. The van der Waals surface area contributed by atoms with Gasteiger partial charge in [-0.15, -0.1) is 17.0 Å². The van der Waals surface area contributed by atoms with Crippen LogP contribution >= 0.6 is 17.0 Å².